The van der Waals surface area contributed by atoms with E-state index in [2.05, 4.69) is 10.6 Å². The molecule has 2 rings (SSSR count). The molecule has 0 bridgehead atoms. The van der Waals surface area contributed by atoms with Gasteiger partial charge in [-0.1, -0.05) is 0 Å². The molecular weight excluding hydrogens is 202 g/mol. The highest BCUT2D eigenvalue weighted by molar-refractivity contribution is 5.75. The number of rotatable bonds is 0. The van der Waals surface area contributed by atoms with E-state index in [-0.39, 0.29) is 17.1 Å². The van der Waals surface area contributed by atoms with Crippen LogP contribution in [0.1, 0.15) is 40.0 Å². The molecule has 2 amide bonds. The van der Waals surface area contributed by atoms with Crippen LogP contribution in [-0.2, 0) is 0 Å². The molecule has 1 saturated heterocycles. The van der Waals surface area contributed by atoms with Crippen LogP contribution in [-0.4, -0.2) is 41.6 Å². The van der Waals surface area contributed by atoms with E-state index in [0.29, 0.717) is 0 Å². The third-order valence-corrected chi connectivity index (χ3v) is 3.22. The lowest BCUT2D eigenvalue weighted by Gasteiger charge is -2.29. The Morgan fingerprint density at radius 2 is 2.06 bits per heavy atom. The third-order valence-electron chi connectivity index (χ3n) is 3.22. The van der Waals surface area contributed by atoms with Crippen molar-refractivity contribution in [2.75, 3.05) is 19.6 Å². The monoisotopic (exact) mass is 225 g/mol. The van der Waals surface area contributed by atoms with Crippen molar-refractivity contribution in [3.8, 4) is 0 Å². The number of carbonyl (C=O) groups is 1. The molecule has 1 saturated carbocycles. The van der Waals surface area contributed by atoms with Gasteiger partial charge in [-0.3, -0.25) is 0 Å². The highest BCUT2D eigenvalue weighted by Gasteiger charge is 2.45. The summed E-state index contributed by atoms with van der Waals surface area (Å²) in [4.78, 5) is 14.0. The zero-order valence-corrected chi connectivity index (χ0v) is 10.6. The van der Waals surface area contributed by atoms with Crippen LogP contribution in [0.25, 0.3) is 0 Å². The number of hydrogen-bond acceptors (Lipinski definition) is 2. The van der Waals surface area contributed by atoms with Crippen molar-refractivity contribution >= 4 is 6.03 Å². The minimum atomic E-state index is -0.145. The van der Waals surface area contributed by atoms with E-state index in [1.165, 1.54) is 12.8 Å². The summed E-state index contributed by atoms with van der Waals surface area (Å²) in [5.74, 6) is 0. The molecule has 1 aliphatic carbocycles. The van der Waals surface area contributed by atoms with E-state index in [1.807, 2.05) is 25.7 Å². The maximum absolute atomic E-state index is 12.1. The quantitative estimate of drug-likeness (QED) is 0.653. The fourth-order valence-corrected chi connectivity index (χ4v) is 2.18. The van der Waals surface area contributed by atoms with Gasteiger partial charge in [0.2, 0.25) is 0 Å². The average Bonchev–Trinajstić information content (AvgIpc) is 2.91. The first kappa shape index (κ1) is 11.7. The molecular formula is C12H23N3O. The Morgan fingerprint density at radius 1 is 1.38 bits per heavy atom. The lowest BCUT2D eigenvalue weighted by atomic mass is 10.1. The lowest BCUT2D eigenvalue weighted by molar-refractivity contribution is 0.186. The summed E-state index contributed by atoms with van der Waals surface area (Å²) in [6, 6.07) is 0.0856. The van der Waals surface area contributed by atoms with Gasteiger partial charge in [-0.25, -0.2) is 4.79 Å². The van der Waals surface area contributed by atoms with Crippen molar-refractivity contribution in [2.24, 2.45) is 0 Å². The Morgan fingerprint density at radius 3 is 2.62 bits per heavy atom. The number of amides is 2. The number of nitrogens with one attached hydrogen (secondary N) is 2. The van der Waals surface area contributed by atoms with Crippen molar-refractivity contribution in [2.45, 2.75) is 51.1 Å². The summed E-state index contributed by atoms with van der Waals surface area (Å²) in [6.45, 7) is 8.85. The predicted molar refractivity (Wildman–Crippen MR) is 64.4 cm³/mol. The van der Waals surface area contributed by atoms with Crippen molar-refractivity contribution in [1.29, 1.82) is 0 Å². The topological polar surface area (TPSA) is 44.4 Å². The summed E-state index contributed by atoms with van der Waals surface area (Å²) in [6.07, 6.45) is 3.48. The van der Waals surface area contributed by atoms with Gasteiger partial charge >= 0.3 is 6.03 Å². The average molecular weight is 225 g/mol. The minimum Gasteiger partial charge on any atom is -0.333 e. The van der Waals surface area contributed by atoms with Gasteiger partial charge in [0, 0.05) is 24.2 Å². The van der Waals surface area contributed by atoms with E-state index >= 15 is 0 Å². The Bertz CT molecular complexity index is 278. The maximum Gasteiger partial charge on any atom is 0.317 e. The zero-order valence-electron chi connectivity index (χ0n) is 10.6. The summed E-state index contributed by atoms with van der Waals surface area (Å²) < 4.78 is 0. The molecule has 2 aliphatic rings. The highest BCUT2D eigenvalue weighted by Crippen LogP contribution is 2.37. The number of carbonyl (C=O) groups excluding carboxylic acids is 1. The second-order valence-electron chi connectivity index (χ2n) is 6.16. The Kier molecular flexibility index (Phi) is 2.86. The van der Waals surface area contributed by atoms with Crippen LogP contribution in [0.2, 0.25) is 0 Å². The van der Waals surface area contributed by atoms with Crippen LogP contribution in [0.4, 0.5) is 4.79 Å². The van der Waals surface area contributed by atoms with Crippen LogP contribution in [0.3, 0.4) is 0 Å². The molecule has 1 heterocycles. The fraction of sp³-hybridized carbons (Fsp3) is 0.917. The van der Waals surface area contributed by atoms with Crippen LogP contribution < -0.4 is 10.6 Å². The number of hydrogen-bond donors (Lipinski definition) is 2. The first-order chi connectivity index (χ1) is 7.40. The molecule has 4 nitrogen and oxygen atoms in total. The Balaban J connectivity index is 1.94. The molecule has 0 aromatic carbocycles. The van der Waals surface area contributed by atoms with E-state index in [4.69, 9.17) is 0 Å². The van der Waals surface area contributed by atoms with Gasteiger partial charge in [0.15, 0.2) is 0 Å². The van der Waals surface area contributed by atoms with Gasteiger partial charge in [-0.05, 0) is 46.6 Å². The normalized spacial score (nSPS) is 24.1. The molecule has 0 aromatic heterocycles. The molecule has 4 heteroatoms. The molecule has 2 fully saturated rings. The first-order valence-corrected chi connectivity index (χ1v) is 6.22. The van der Waals surface area contributed by atoms with Gasteiger partial charge in [0.05, 0.1) is 0 Å². The molecule has 92 valence electrons. The number of nitrogens with zero attached hydrogens (tertiary/aromatic N) is 1. The first-order valence-electron chi connectivity index (χ1n) is 6.22. The molecule has 1 aliphatic heterocycles. The molecule has 0 radical (unpaired) electrons. The van der Waals surface area contributed by atoms with Gasteiger partial charge in [0.1, 0.15) is 0 Å². The Labute approximate surface area is 97.8 Å². The van der Waals surface area contributed by atoms with Crippen molar-refractivity contribution in [3.63, 3.8) is 0 Å². The summed E-state index contributed by atoms with van der Waals surface area (Å²) in [5, 5.41) is 6.60. The summed E-state index contributed by atoms with van der Waals surface area (Å²) >= 11 is 0. The van der Waals surface area contributed by atoms with E-state index < -0.39 is 0 Å². The highest BCUT2D eigenvalue weighted by atomic mass is 16.2. The van der Waals surface area contributed by atoms with Gasteiger partial charge in [0.25, 0.3) is 0 Å². The van der Waals surface area contributed by atoms with Gasteiger partial charge in [-0.2, -0.15) is 0 Å². The standard InChI is InChI=1S/C12H23N3O/c1-11(2,3)14-10(16)15-8-4-7-13-12(9-15)5-6-12/h13H,4-9H2,1-3H3,(H,14,16). The lowest BCUT2D eigenvalue weighted by Crippen LogP contribution is -2.51. The van der Waals surface area contributed by atoms with E-state index in [1.54, 1.807) is 0 Å². The summed E-state index contributed by atoms with van der Waals surface area (Å²) in [5.41, 5.74) is 0.110. The van der Waals surface area contributed by atoms with Crippen molar-refractivity contribution < 1.29 is 4.79 Å². The van der Waals surface area contributed by atoms with Crippen molar-refractivity contribution in [1.82, 2.24) is 15.5 Å². The second-order valence-corrected chi connectivity index (χ2v) is 6.16. The minimum absolute atomic E-state index is 0.0856. The van der Waals surface area contributed by atoms with Gasteiger partial charge < -0.3 is 15.5 Å². The molecule has 2 N–H and O–H groups in total. The largest absolute Gasteiger partial charge is 0.333 e. The van der Waals surface area contributed by atoms with Crippen LogP contribution in [0.5, 0.6) is 0 Å². The predicted octanol–water partition coefficient (Wildman–Crippen LogP) is 1.32. The molecule has 16 heavy (non-hydrogen) atoms. The van der Waals surface area contributed by atoms with Crippen LogP contribution >= 0.6 is 0 Å². The fourth-order valence-electron chi connectivity index (χ4n) is 2.18. The van der Waals surface area contributed by atoms with E-state index in [0.717, 1.165) is 26.1 Å². The third kappa shape index (κ3) is 2.88. The number of urea groups is 1. The summed E-state index contributed by atoms with van der Waals surface area (Å²) in [7, 11) is 0. The molecule has 0 aromatic rings. The van der Waals surface area contributed by atoms with Gasteiger partial charge in [-0.15, -0.1) is 0 Å². The molecule has 1 spiro atoms. The Hall–Kier alpha value is -0.770. The molecule has 0 atom stereocenters. The zero-order chi connectivity index (χ0) is 11.8. The van der Waals surface area contributed by atoms with Crippen LogP contribution in [0, 0.1) is 0 Å². The molecule has 0 unspecified atom stereocenters. The maximum atomic E-state index is 12.1. The van der Waals surface area contributed by atoms with Crippen molar-refractivity contribution in [3.05, 3.63) is 0 Å². The second kappa shape index (κ2) is 3.91. The SMILES string of the molecule is CC(C)(C)NC(=O)N1CCCNC2(CC2)C1. The smallest absolute Gasteiger partial charge is 0.317 e. The van der Waals surface area contributed by atoms with Crippen LogP contribution in [0.15, 0.2) is 0 Å². The van der Waals surface area contributed by atoms with E-state index in [9.17, 15) is 4.79 Å².